The first kappa shape index (κ1) is 12.4. The van der Waals surface area contributed by atoms with E-state index in [0.29, 0.717) is 26.2 Å². The highest BCUT2D eigenvalue weighted by Gasteiger charge is 2.35. The first-order chi connectivity index (χ1) is 8.20. The van der Waals surface area contributed by atoms with Gasteiger partial charge in [0, 0.05) is 13.2 Å². The van der Waals surface area contributed by atoms with Gasteiger partial charge in [-0.25, -0.2) is 4.79 Å². The summed E-state index contributed by atoms with van der Waals surface area (Å²) in [5.41, 5.74) is 0. The number of carbonyl (C=O) groups excluding carboxylic acids is 1. The summed E-state index contributed by atoms with van der Waals surface area (Å²) < 4.78 is 5.20. The number of hydrogen-bond donors (Lipinski definition) is 1. The largest absolute Gasteiger partial charge is 0.480 e. The van der Waals surface area contributed by atoms with Gasteiger partial charge < -0.3 is 14.7 Å². The minimum Gasteiger partial charge on any atom is -0.480 e. The van der Waals surface area contributed by atoms with Crippen molar-refractivity contribution in [3.8, 4) is 0 Å². The van der Waals surface area contributed by atoms with Crippen molar-refractivity contribution < 1.29 is 19.4 Å². The Morgan fingerprint density at radius 2 is 2.00 bits per heavy atom. The van der Waals surface area contributed by atoms with Gasteiger partial charge >= 0.3 is 5.97 Å². The van der Waals surface area contributed by atoms with Crippen LogP contribution in [0.2, 0.25) is 0 Å². The van der Waals surface area contributed by atoms with Crippen molar-refractivity contribution in [1.29, 1.82) is 0 Å². The second-order valence-corrected chi connectivity index (χ2v) is 4.80. The molecule has 17 heavy (non-hydrogen) atoms. The van der Waals surface area contributed by atoms with E-state index in [1.165, 1.54) is 0 Å². The van der Waals surface area contributed by atoms with Crippen molar-refractivity contribution in [2.75, 3.05) is 19.8 Å². The minimum absolute atomic E-state index is 0.0307. The zero-order valence-corrected chi connectivity index (χ0v) is 9.93. The van der Waals surface area contributed by atoms with Gasteiger partial charge in [0.15, 0.2) is 0 Å². The van der Waals surface area contributed by atoms with Crippen LogP contribution in [0.15, 0.2) is 0 Å². The third-order valence-corrected chi connectivity index (χ3v) is 3.60. The van der Waals surface area contributed by atoms with Gasteiger partial charge in [-0.05, 0) is 19.3 Å². The normalized spacial score (nSPS) is 30.0. The number of amides is 1. The first-order valence-corrected chi connectivity index (χ1v) is 6.31. The van der Waals surface area contributed by atoms with Crippen LogP contribution in [-0.4, -0.2) is 47.7 Å². The van der Waals surface area contributed by atoms with Crippen LogP contribution < -0.4 is 0 Å². The van der Waals surface area contributed by atoms with E-state index in [9.17, 15) is 14.7 Å². The van der Waals surface area contributed by atoms with Crippen molar-refractivity contribution in [2.24, 2.45) is 5.92 Å². The molecular weight excluding hydrogens is 222 g/mol. The third kappa shape index (κ3) is 2.77. The molecule has 2 aliphatic heterocycles. The van der Waals surface area contributed by atoms with E-state index in [4.69, 9.17) is 4.74 Å². The molecule has 0 bridgehead atoms. The van der Waals surface area contributed by atoms with Crippen molar-refractivity contribution in [1.82, 2.24) is 4.90 Å². The summed E-state index contributed by atoms with van der Waals surface area (Å²) >= 11 is 0. The lowest BCUT2D eigenvalue weighted by atomic mass is 10.0. The van der Waals surface area contributed by atoms with Crippen LogP contribution in [0, 0.1) is 5.92 Å². The van der Waals surface area contributed by atoms with Gasteiger partial charge in [-0.15, -0.1) is 0 Å². The van der Waals surface area contributed by atoms with Crippen LogP contribution in [0.5, 0.6) is 0 Å². The summed E-state index contributed by atoms with van der Waals surface area (Å²) in [4.78, 5) is 25.0. The summed E-state index contributed by atoms with van der Waals surface area (Å²) in [6.45, 7) is 1.63. The van der Waals surface area contributed by atoms with Crippen molar-refractivity contribution in [3.05, 3.63) is 0 Å². The third-order valence-electron chi connectivity index (χ3n) is 3.60. The SMILES string of the molecule is O=C(O)C1CCCCCN1C(=O)C1CCOC1. The molecule has 2 atom stereocenters. The summed E-state index contributed by atoms with van der Waals surface area (Å²) in [6.07, 6.45) is 4.11. The molecule has 96 valence electrons. The molecule has 0 spiro atoms. The molecule has 5 heteroatoms. The smallest absolute Gasteiger partial charge is 0.326 e. The average Bonchev–Trinajstić information content (AvgIpc) is 2.71. The predicted octanol–water partition coefficient (Wildman–Crippen LogP) is 0.879. The fourth-order valence-corrected chi connectivity index (χ4v) is 2.59. The predicted molar refractivity (Wildman–Crippen MR) is 60.5 cm³/mol. The maximum absolute atomic E-state index is 12.3. The molecule has 0 aromatic heterocycles. The van der Waals surface area contributed by atoms with Gasteiger partial charge in [0.2, 0.25) is 5.91 Å². The molecule has 2 saturated heterocycles. The van der Waals surface area contributed by atoms with Crippen LogP contribution >= 0.6 is 0 Å². The monoisotopic (exact) mass is 241 g/mol. The number of hydrogen-bond acceptors (Lipinski definition) is 3. The summed E-state index contributed by atoms with van der Waals surface area (Å²) in [7, 11) is 0. The molecule has 2 heterocycles. The molecule has 0 aromatic carbocycles. The van der Waals surface area contributed by atoms with Crippen molar-refractivity contribution >= 4 is 11.9 Å². The van der Waals surface area contributed by atoms with Gasteiger partial charge in [0.05, 0.1) is 12.5 Å². The van der Waals surface area contributed by atoms with E-state index in [1.807, 2.05) is 0 Å². The molecule has 1 amide bonds. The topological polar surface area (TPSA) is 66.8 Å². The van der Waals surface area contributed by atoms with E-state index in [2.05, 4.69) is 0 Å². The van der Waals surface area contributed by atoms with Gasteiger partial charge in [-0.3, -0.25) is 4.79 Å². The molecule has 2 fully saturated rings. The number of rotatable bonds is 2. The summed E-state index contributed by atoms with van der Waals surface area (Å²) in [5.74, 6) is -1.04. The van der Waals surface area contributed by atoms with Gasteiger partial charge in [-0.2, -0.15) is 0 Å². The Balaban J connectivity index is 2.08. The molecule has 2 aliphatic rings. The average molecular weight is 241 g/mol. The van der Waals surface area contributed by atoms with E-state index in [1.54, 1.807) is 4.90 Å². The Bertz CT molecular complexity index is 299. The highest BCUT2D eigenvalue weighted by atomic mass is 16.5. The Hall–Kier alpha value is -1.10. The fourth-order valence-electron chi connectivity index (χ4n) is 2.59. The second-order valence-electron chi connectivity index (χ2n) is 4.80. The van der Waals surface area contributed by atoms with E-state index >= 15 is 0 Å². The van der Waals surface area contributed by atoms with Crippen LogP contribution in [-0.2, 0) is 14.3 Å². The Kier molecular flexibility index (Phi) is 3.99. The standard InChI is InChI=1S/C12H19NO4/c14-11(9-5-7-17-8-9)13-6-3-1-2-4-10(13)12(15)16/h9-10H,1-8H2,(H,15,16). The molecule has 0 aromatic rings. The zero-order valence-electron chi connectivity index (χ0n) is 9.93. The molecular formula is C12H19NO4. The van der Waals surface area contributed by atoms with Gasteiger partial charge in [0.1, 0.15) is 6.04 Å². The lowest BCUT2D eigenvalue weighted by Crippen LogP contribution is -2.47. The molecule has 2 unspecified atom stereocenters. The van der Waals surface area contributed by atoms with Crippen molar-refractivity contribution in [2.45, 2.75) is 38.1 Å². The summed E-state index contributed by atoms with van der Waals surface area (Å²) in [5, 5.41) is 9.20. The van der Waals surface area contributed by atoms with Crippen molar-refractivity contribution in [3.63, 3.8) is 0 Å². The molecule has 0 saturated carbocycles. The molecule has 0 radical (unpaired) electrons. The number of ether oxygens (including phenoxy) is 1. The number of carboxylic acid groups (broad SMARTS) is 1. The Morgan fingerprint density at radius 1 is 1.18 bits per heavy atom. The number of carboxylic acids is 1. The van der Waals surface area contributed by atoms with E-state index in [0.717, 1.165) is 25.7 Å². The Morgan fingerprint density at radius 3 is 2.65 bits per heavy atom. The number of aliphatic carboxylic acids is 1. The lowest BCUT2D eigenvalue weighted by Gasteiger charge is -2.29. The molecule has 2 rings (SSSR count). The van der Waals surface area contributed by atoms with Crippen LogP contribution in [0.4, 0.5) is 0 Å². The summed E-state index contributed by atoms with van der Waals surface area (Å²) in [6, 6.07) is -0.634. The van der Waals surface area contributed by atoms with E-state index in [-0.39, 0.29) is 11.8 Å². The molecule has 1 N–H and O–H groups in total. The lowest BCUT2D eigenvalue weighted by molar-refractivity contribution is -0.152. The van der Waals surface area contributed by atoms with Crippen LogP contribution in [0.3, 0.4) is 0 Å². The Labute approximate surface area is 101 Å². The number of carbonyl (C=O) groups is 2. The fraction of sp³-hybridized carbons (Fsp3) is 0.833. The number of likely N-dealkylation sites (tertiary alicyclic amines) is 1. The van der Waals surface area contributed by atoms with Crippen LogP contribution in [0.1, 0.15) is 32.1 Å². The maximum Gasteiger partial charge on any atom is 0.326 e. The first-order valence-electron chi connectivity index (χ1n) is 6.31. The number of nitrogens with zero attached hydrogens (tertiary/aromatic N) is 1. The second kappa shape index (κ2) is 5.49. The minimum atomic E-state index is -0.876. The van der Waals surface area contributed by atoms with Crippen LogP contribution in [0.25, 0.3) is 0 Å². The van der Waals surface area contributed by atoms with Gasteiger partial charge in [-0.1, -0.05) is 12.8 Å². The highest BCUT2D eigenvalue weighted by Crippen LogP contribution is 2.22. The zero-order chi connectivity index (χ0) is 12.3. The quantitative estimate of drug-likeness (QED) is 0.779. The van der Waals surface area contributed by atoms with Gasteiger partial charge in [0.25, 0.3) is 0 Å². The van der Waals surface area contributed by atoms with E-state index < -0.39 is 12.0 Å². The highest BCUT2D eigenvalue weighted by molar-refractivity contribution is 5.85. The molecule has 5 nitrogen and oxygen atoms in total. The molecule has 0 aliphatic carbocycles. The maximum atomic E-state index is 12.3.